The van der Waals surface area contributed by atoms with Crippen LogP contribution in [0, 0.1) is 36.3 Å². The van der Waals surface area contributed by atoms with E-state index in [-0.39, 0.29) is 0 Å². The summed E-state index contributed by atoms with van der Waals surface area (Å²) >= 11 is 0. The summed E-state index contributed by atoms with van der Waals surface area (Å²) in [6.07, 6.45) is 12.1. The molecule has 1 saturated carbocycles. The van der Waals surface area contributed by atoms with E-state index in [2.05, 4.69) is 26.0 Å². The van der Waals surface area contributed by atoms with E-state index in [1.54, 1.807) is 19.1 Å². The average Bonchev–Trinajstić information content (AvgIpc) is 2.73. The Morgan fingerprint density at radius 2 is 1.59 bits per heavy atom. The largest absolute Gasteiger partial charge is 0.203 e. The SMILES string of the molecule is CCCCCC1CCC(C(C)Cc2ccc(-c3ccc(C)c(F)c3F)cc2)CC1. The summed E-state index contributed by atoms with van der Waals surface area (Å²) in [5, 5.41) is 0. The molecular weight excluding hydrogens is 362 g/mol. The van der Waals surface area contributed by atoms with E-state index in [0.29, 0.717) is 17.0 Å². The minimum Gasteiger partial charge on any atom is -0.203 e. The van der Waals surface area contributed by atoms with Crippen molar-refractivity contribution in [1.82, 2.24) is 0 Å². The van der Waals surface area contributed by atoms with Gasteiger partial charge in [-0.1, -0.05) is 88.8 Å². The van der Waals surface area contributed by atoms with Crippen LogP contribution in [0.2, 0.25) is 0 Å². The van der Waals surface area contributed by atoms with E-state index < -0.39 is 11.6 Å². The molecule has 0 aliphatic heterocycles. The zero-order valence-corrected chi connectivity index (χ0v) is 18.3. The third kappa shape index (κ3) is 5.68. The zero-order valence-electron chi connectivity index (χ0n) is 18.3. The first-order chi connectivity index (χ1) is 14.0. The molecule has 158 valence electrons. The molecule has 0 nitrogen and oxygen atoms in total. The monoisotopic (exact) mass is 398 g/mol. The lowest BCUT2D eigenvalue weighted by atomic mass is 9.73. The molecule has 0 amide bonds. The van der Waals surface area contributed by atoms with Crippen LogP contribution in [0.1, 0.15) is 76.3 Å². The third-order valence-corrected chi connectivity index (χ3v) is 7.01. The number of hydrogen-bond acceptors (Lipinski definition) is 0. The van der Waals surface area contributed by atoms with Crippen molar-refractivity contribution in [2.75, 3.05) is 0 Å². The zero-order chi connectivity index (χ0) is 20.8. The van der Waals surface area contributed by atoms with E-state index in [9.17, 15) is 8.78 Å². The number of benzene rings is 2. The van der Waals surface area contributed by atoms with Gasteiger partial charge >= 0.3 is 0 Å². The predicted octanol–water partition coefficient (Wildman–Crippen LogP) is 8.51. The summed E-state index contributed by atoms with van der Waals surface area (Å²) in [6, 6.07) is 11.3. The van der Waals surface area contributed by atoms with Gasteiger partial charge in [-0.15, -0.1) is 0 Å². The highest BCUT2D eigenvalue weighted by Gasteiger charge is 2.25. The van der Waals surface area contributed by atoms with E-state index in [4.69, 9.17) is 0 Å². The molecule has 2 aromatic carbocycles. The number of aryl methyl sites for hydroxylation is 1. The van der Waals surface area contributed by atoms with Gasteiger partial charge < -0.3 is 0 Å². The number of unbranched alkanes of at least 4 members (excludes halogenated alkanes) is 2. The first kappa shape index (κ1) is 22.0. The van der Waals surface area contributed by atoms with Crippen molar-refractivity contribution in [3.8, 4) is 11.1 Å². The van der Waals surface area contributed by atoms with Gasteiger partial charge in [0.2, 0.25) is 0 Å². The van der Waals surface area contributed by atoms with E-state index in [1.807, 2.05) is 12.1 Å². The highest BCUT2D eigenvalue weighted by molar-refractivity contribution is 5.65. The Morgan fingerprint density at radius 3 is 2.24 bits per heavy atom. The highest BCUT2D eigenvalue weighted by atomic mass is 19.2. The third-order valence-electron chi connectivity index (χ3n) is 7.01. The Morgan fingerprint density at radius 1 is 0.897 bits per heavy atom. The molecule has 0 saturated heterocycles. The second-order valence-corrected chi connectivity index (χ2v) is 9.21. The van der Waals surface area contributed by atoms with Crippen LogP contribution in [0.5, 0.6) is 0 Å². The Labute approximate surface area is 175 Å². The molecule has 29 heavy (non-hydrogen) atoms. The number of hydrogen-bond donors (Lipinski definition) is 0. The number of halogens is 2. The van der Waals surface area contributed by atoms with Gasteiger partial charge in [0.1, 0.15) is 0 Å². The lowest BCUT2D eigenvalue weighted by molar-refractivity contribution is 0.204. The molecule has 1 aliphatic rings. The molecule has 0 heterocycles. The smallest absolute Gasteiger partial charge is 0.166 e. The van der Waals surface area contributed by atoms with Crippen molar-refractivity contribution < 1.29 is 8.78 Å². The molecule has 0 spiro atoms. The second-order valence-electron chi connectivity index (χ2n) is 9.21. The van der Waals surface area contributed by atoms with E-state index in [1.165, 1.54) is 56.9 Å². The summed E-state index contributed by atoms with van der Waals surface area (Å²) in [5.74, 6) is 0.952. The summed E-state index contributed by atoms with van der Waals surface area (Å²) in [5.41, 5.74) is 2.72. The van der Waals surface area contributed by atoms with Gasteiger partial charge in [0, 0.05) is 5.56 Å². The fourth-order valence-electron chi connectivity index (χ4n) is 4.96. The van der Waals surface area contributed by atoms with E-state index >= 15 is 0 Å². The predicted molar refractivity (Wildman–Crippen MR) is 119 cm³/mol. The first-order valence-electron chi connectivity index (χ1n) is 11.5. The van der Waals surface area contributed by atoms with Gasteiger partial charge in [-0.2, -0.15) is 0 Å². The van der Waals surface area contributed by atoms with Gasteiger partial charge in [-0.3, -0.25) is 0 Å². The molecule has 2 aromatic rings. The Balaban J connectivity index is 1.54. The molecule has 0 bridgehead atoms. The van der Waals surface area contributed by atoms with Crippen LogP contribution in [0.4, 0.5) is 8.78 Å². The number of rotatable bonds is 8. The molecule has 2 heteroatoms. The molecule has 3 rings (SSSR count). The van der Waals surface area contributed by atoms with Crippen LogP contribution < -0.4 is 0 Å². The molecule has 1 atom stereocenters. The Bertz CT molecular complexity index is 770. The molecule has 0 aromatic heterocycles. The molecular formula is C27H36F2. The van der Waals surface area contributed by atoms with Crippen molar-refractivity contribution in [2.45, 2.75) is 78.6 Å². The van der Waals surface area contributed by atoms with Crippen LogP contribution in [0.25, 0.3) is 11.1 Å². The van der Waals surface area contributed by atoms with Crippen LogP contribution in [-0.2, 0) is 6.42 Å². The van der Waals surface area contributed by atoms with Crippen molar-refractivity contribution >= 4 is 0 Å². The molecule has 1 unspecified atom stereocenters. The first-order valence-corrected chi connectivity index (χ1v) is 11.5. The lowest BCUT2D eigenvalue weighted by Crippen LogP contribution is -2.21. The molecule has 0 N–H and O–H groups in total. The highest BCUT2D eigenvalue weighted by Crippen LogP contribution is 2.37. The standard InChI is InChI=1S/C27H36F2/c1-4-5-6-7-21-9-13-23(14-10-21)20(3)18-22-11-15-24(16-12-22)25-17-8-19(2)26(28)27(25)29/h8,11-12,15-17,20-21,23H,4-7,9-10,13-14,18H2,1-3H3. The Kier molecular flexibility index (Phi) is 7.86. The van der Waals surface area contributed by atoms with Crippen LogP contribution in [0.3, 0.4) is 0 Å². The summed E-state index contributed by atoms with van der Waals surface area (Å²) in [6.45, 7) is 6.25. The lowest BCUT2D eigenvalue weighted by Gasteiger charge is -2.32. The van der Waals surface area contributed by atoms with Gasteiger partial charge in [0.05, 0.1) is 0 Å². The fraction of sp³-hybridized carbons (Fsp3) is 0.556. The quantitative estimate of drug-likeness (QED) is 0.391. The fourth-order valence-corrected chi connectivity index (χ4v) is 4.96. The topological polar surface area (TPSA) is 0 Å². The summed E-state index contributed by atoms with van der Waals surface area (Å²) in [7, 11) is 0. The van der Waals surface area contributed by atoms with Crippen LogP contribution in [-0.4, -0.2) is 0 Å². The molecule has 1 fully saturated rings. The van der Waals surface area contributed by atoms with Gasteiger partial charge in [-0.05, 0) is 60.6 Å². The van der Waals surface area contributed by atoms with Gasteiger partial charge in [0.15, 0.2) is 11.6 Å². The van der Waals surface area contributed by atoms with Gasteiger partial charge in [-0.25, -0.2) is 8.78 Å². The maximum absolute atomic E-state index is 14.3. The maximum atomic E-state index is 14.3. The van der Waals surface area contributed by atoms with E-state index in [0.717, 1.165) is 23.8 Å². The van der Waals surface area contributed by atoms with Crippen molar-refractivity contribution in [1.29, 1.82) is 0 Å². The van der Waals surface area contributed by atoms with Crippen LogP contribution in [0.15, 0.2) is 36.4 Å². The molecule has 1 aliphatic carbocycles. The minimum atomic E-state index is -0.748. The normalized spacial score (nSPS) is 20.6. The summed E-state index contributed by atoms with van der Waals surface area (Å²) in [4.78, 5) is 0. The maximum Gasteiger partial charge on any atom is 0.166 e. The van der Waals surface area contributed by atoms with Crippen molar-refractivity contribution in [2.24, 2.45) is 17.8 Å². The average molecular weight is 399 g/mol. The second kappa shape index (κ2) is 10.4. The van der Waals surface area contributed by atoms with Crippen molar-refractivity contribution in [3.63, 3.8) is 0 Å². The van der Waals surface area contributed by atoms with Crippen molar-refractivity contribution in [3.05, 3.63) is 59.2 Å². The summed E-state index contributed by atoms with van der Waals surface area (Å²) < 4.78 is 28.1. The molecule has 0 radical (unpaired) electrons. The minimum absolute atomic E-state index is 0.342. The Hall–Kier alpha value is -1.70. The van der Waals surface area contributed by atoms with Crippen LogP contribution >= 0.6 is 0 Å². The van der Waals surface area contributed by atoms with Gasteiger partial charge in [0.25, 0.3) is 0 Å².